The Balaban J connectivity index is 2.21. The lowest BCUT2D eigenvalue weighted by Crippen LogP contribution is -2.13. The predicted molar refractivity (Wildman–Crippen MR) is 62.8 cm³/mol. The van der Waals surface area contributed by atoms with E-state index in [0.29, 0.717) is 11.3 Å². The molecule has 1 aromatic heterocycles. The highest BCUT2D eigenvalue weighted by molar-refractivity contribution is 6.02. The average molecular weight is 269 g/mol. The summed E-state index contributed by atoms with van der Waals surface area (Å²) in [5.74, 6) is -0.410. The van der Waals surface area contributed by atoms with Gasteiger partial charge in [-0.1, -0.05) is 0 Å². The summed E-state index contributed by atoms with van der Waals surface area (Å²) in [7, 11) is 0. The normalized spacial score (nSPS) is 11.4. The van der Waals surface area contributed by atoms with E-state index < -0.39 is 17.6 Å². The van der Waals surface area contributed by atoms with Gasteiger partial charge in [0.15, 0.2) is 5.76 Å². The molecule has 1 N–H and O–H groups in total. The number of hydrogen-bond donors (Lipinski definition) is 1. The van der Waals surface area contributed by atoms with Crippen LogP contribution in [0.4, 0.5) is 18.9 Å². The molecule has 3 nitrogen and oxygen atoms in total. The van der Waals surface area contributed by atoms with E-state index in [0.717, 1.165) is 12.1 Å². The Bertz CT molecular complexity index is 588. The summed E-state index contributed by atoms with van der Waals surface area (Å²) >= 11 is 0. The Morgan fingerprint density at radius 3 is 2.53 bits per heavy atom. The Hall–Kier alpha value is -2.24. The number of hydrogen-bond acceptors (Lipinski definition) is 2. The zero-order chi connectivity index (χ0) is 14.0. The van der Waals surface area contributed by atoms with Crippen LogP contribution in [0.2, 0.25) is 0 Å². The monoisotopic (exact) mass is 269 g/mol. The van der Waals surface area contributed by atoms with Gasteiger partial charge in [-0.3, -0.25) is 4.79 Å². The van der Waals surface area contributed by atoms with Crippen LogP contribution in [0.5, 0.6) is 0 Å². The van der Waals surface area contributed by atoms with Crippen molar-refractivity contribution in [2.75, 3.05) is 5.32 Å². The van der Waals surface area contributed by atoms with Crippen LogP contribution in [0, 0.1) is 6.92 Å². The molecule has 0 aliphatic carbocycles. The molecular weight excluding hydrogens is 259 g/mol. The SMILES string of the molecule is Cc1cc(C(F)(F)F)ccc1NC(=O)c1ccco1. The molecule has 0 aliphatic rings. The van der Waals surface area contributed by atoms with Gasteiger partial charge in [0.05, 0.1) is 11.8 Å². The summed E-state index contributed by atoms with van der Waals surface area (Å²) in [6, 6.07) is 6.14. The molecule has 0 fully saturated rings. The second-order valence-electron chi connectivity index (χ2n) is 3.96. The number of halogens is 3. The van der Waals surface area contributed by atoms with Crippen molar-refractivity contribution in [1.29, 1.82) is 0 Å². The first-order chi connectivity index (χ1) is 8.88. The first kappa shape index (κ1) is 13.2. The summed E-state index contributed by atoms with van der Waals surface area (Å²) < 4.78 is 42.3. The largest absolute Gasteiger partial charge is 0.459 e. The van der Waals surface area contributed by atoms with Crippen LogP contribution in [0.25, 0.3) is 0 Å². The molecule has 1 heterocycles. The Morgan fingerprint density at radius 1 is 1.26 bits per heavy atom. The van der Waals surface area contributed by atoms with E-state index in [4.69, 9.17) is 4.42 Å². The molecule has 0 bridgehead atoms. The van der Waals surface area contributed by atoms with Gasteiger partial charge in [0.1, 0.15) is 0 Å². The summed E-state index contributed by atoms with van der Waals surface area (Å²) in [5.41, 5.74) is -0.106. The minimum absolute atomic E-state index is 0.0966. The molecule has 2 rings (SSSR count). The maximum absolute atomic E-state index is 12.5. The highest BCUT2D eigenvalue weighted by Gasteiger charge is 2.30. The fourth-order valence-corrected chi connectivity index (χ4v) is 1.57. The van der Waals surface area contributed by atoms with Crippen LogP contribution in [-0.4, -0.2) is 5.91 Å². The minimum Gasteiger partial charge on any atom is -0.459 e. The number of amides is 1. The van der Waals surface area contributed by atoms with Gasteiger partial charge in [-0.15, -0.1) is 0 Å². The number of alkyl halides is 3. The fourth-order valence-electron chi connectivity index (χ4n) is 1.57. The molecule has 0 unspecified atom stereocenters. The number of rotatable bonds is 2. The molecular formula is C13H10F3NO2. The van der Waals surface area contributed by atoms with Crippen LogP contribution in [0.15, 0.2) is 41.0 Å². The molecule has 0 radical (unpaired) electrons. The third-order valence-corrected chi connectivity index (χ3v) is 2.55. The predicted octanol–water partition coefficient (Wildman–Crippen LogP) is 3.86. The first-order valence-electron chi connectivity index (χ1n) is 5.40. The second kappa shape index (κ2) is 4.79. The van der Waals surface area contributed by atoms with E-state index in [-0.39, 0.29) is 5.76 Å². The molecule has 6 heteroatoms. The maximum Gasteiger partial charge on any atom is 0.416 e. The third-order valence-electron chi connectivity index (χ3n) is 2.55. The number of carbonyl (C=O) groups excluding carboxylic acids is 1. The van der Waals surface area contributed by atoms with Crippen molar-refractivity contribution in [2.45, 2.75) is 13.1 Å². The van der Waals surface area contributed by atoms with Gasteiger partial charge < -0.3 is 9.73 Å². The van der Waals surface area contributed by atoms with E-state index in [1.165, 1.54) is 25.3 Å². The summed E-state index contributed by atoms with van der Waals surface area (Å²) in [4.78, 5) is 11.7. The van der Waals surface area contributed by atoms with E-state index >= 15 is 0 Å². The summed E-state index contributed by atoms with van der Waals surface area (Å²) in [5, 5.41) is 2.49. The quantitative estimate of drug-likeness (QED) is 0.899. The molecule has 19 heavy (non-hydrogen) atoms. The number of anilines is 1. The Morgan fingerprint density at radius 2 is 2.00 bits per heavy atom. The molecule has 100 valence electrons. The smallest absolute Gasteiger partial charge is 0.416 e. The molecule has 1 aromatic carbocycles. The summed E-state index contributed by atoms with van der Waals surface area (Å²) in [6.45, 7) is 1.49. The van der Waals surface area contributed by atoms with E-state index in [9.17, 15) is 18.0 Å². The Labute approximate surface area is 107 Å². The molecule has 0 spiro atoms. The zero-order valence-electron chi connectivity index (χ0n) is 9.91. The van der Waals surface area contributed by atoms with Crippen LogP contribution >= 0.6 is 0 Å². The number of aryl methyl sites for hydroxylation is 1. The highest BCUT2D eigenvalue weighted by atomic mass is 19.4. The van der Waals surface area contributed by atoms with Crippen LogP contribution < -0.4 is 5.32 Å². The molecule has 2 aromatic rings. The van der Waals surface area contributed by atoms with Gasteiger partial charge in [0.2, 0.25) is 0 Å². The van der Waals surface area contributed by atoms with Crippen molar-refractivity contribution in [3.63, 3.8) is 0 Å². The van der Waals surface area contributed by atoms with Gasteiger partial charge in [-0.05, 0) is 42.8 Å². The van der Waals surface area contributed by atoms with Gasteiger partial charge in [-0.25, -0.2) is 0 Å². The molecule has 0 saturated heterocycles. The van der Waals surface area contributed by atoms with E-state index in [1.54, 1.807) is 6.07 Å². The van der Waals surface area contributed by atoms with Crippen molar-refractivity contribution >= 4 is 11.6 Å². The van der Waals surface area contributed by atoms with Crippen molar-refractivity contribution in [2.24, 2.45) is 0 Å². The van der Waals surface area contributed by atoms with Gasteiger partial charge in [0, 0.05) is 5.69 Å². The lowest BCUT2D eigenvalue weighted by molar-refractivity contribution is -0.137. The number of nitrogens with one attached hydrogen (secondary N) is 1. The maximum atomic E-state index is 12.5. The lowest BCUT2D eigenvalue weighted by Gasteiger charge is -2.11. The van der Waals surface area contributed by atoms with Crippen LogP contribution in [0.1, 0.15) is 21.7 Å². The fraction of sp³-hybridized carbons (Fsp3) is 0.154. The highest BCUT2D eigenvalue weighted by Crippen LogP contribution is 2.31. The van der Waals surface area contributed by atoms with Crippen molar-refractivity contribution in [3.8, 4) is 0 Å². The van der Waals surface area contributed by atoms with Crippen molar-refractivity contribution in [1.82, 2.24) is 0 Å². The standard InChI is InChI=1S/C13H10F3NO2/c1-8-7-9(13(14,15)16)4-5-10(8)17-12(18)11-3-2-6-19-11/h2-7H,1H3,(H,17,18). The number of carbonyl (C=O) groups is 1. The minimum atomic E-state index is -4.39. The summed E-state index contributed by atoms with van der Waals surface area (Å²) in [6.07, 6.45) is -3.05. The number of benzene rings is 1. The van der Waals surface area contributed by atoms with Gasteiger partial charge >= 0.3 is 6.18 Å². The molecule has 0 saturated carbocycles. The molecule has 0 atom stereocenters. The van der Waals surface area contributed by atoms with Crippen LogP contribution in [-0.2, 0) is 6.18 Å². The van der Waals surface area contributed by atoms with Gasteiger partial charge in [0.25, 0.3) is 5.91 Å². The van der Waals surface area contributed by atoms with Gasteiger partial charge in [-0.2, -0.15) is 13.2 Å². The topological polar surface area (TPSA) is 42.2 Å². The first-order valence-corrected chi connectivity index (χ1v) is 5.40. The zero-order valence-corrected chi connectivity index (χ0v) is 9.91. The number of furan rings is 1. The van der Waals surface area contributed by atoms with Crippen molar-refractivity contribution < 1.29 is 22.4 Å². The van der Waals surface area contributed by atoms with E-state index in [1.807, 2.05) is 0 Å². The average Bonchev–Trinajstić information content (AvgIpc) is 2.84. The van der Waals surface area contributed by atoms with Crippen molar-refractivity contribution in [3.05, 3.63) is 53.5 Å². The van der Waals surface area contributed by atoms with E-state index in [2.05, 4.69) is 5.32 Å². The lowest BCUT2D eigenvalue weighted by atomic mass is 10.1. The molecule has 1 amide bonds. The molecule has 0 aliphatic heterocycles. The third kappa shape index (κ3) is 2.96. The van der Waals surface area contributed by atoms with Crippen LogP contribution in [0.3, 0.4) is 0 Å². The Kier molecular flexibility index (Phi) is 3.33. The second-order valence-corrected chi connectivity index (χ2v) is 3.96.